The second kappa shape index (κ2) is 9.06. The largest absolute Gasteiger partial charge is 0.493 e. The highest BCUT2D eigenvalue weighted by Gasteiger charge is 2.35. The van der Waals surface area contributed by atoms with Gasteiger partial charge in [-0.2, -0.15) is 5.10 Å². The molecule has 0 radical (unpaired) electrons. The highest BCUT2D eigenvalue weighted by Crippen LogP contribution is 2.34. The average molecular weight is 439 g/mol. The lowest BCUT2D eigenvalue weighted by molar-refractivity contribution is -0.135. The minimum absolute atomic E-state index is 0.259. The summed E-state index contributed by atoms with van der Waals surface area (Å²) in [6, 6.07) is 15.2. The number of carbonyl (C=O) groups excluding carboxylic acids is 2. The predicted octanol–water partition coefficient (Wildman–Crippen LogP) is 4.51. The molecule has 1 atom stereocenters. The van der Waals surface area contributed by atoms with Crippen LogP contribution in [0.5, 0.6) is 11.5 Å². The zero-order valence-corrected chi connectivity index (χ0v) is 17.4. The Kier molecular flexibility index (Phi) is 6.04. The van der Waals surface area contributed by atoms with Gasteiger partial charge in [0.15, 0.2) is 18.1 Å². The normalized spacial score (nSPS) is 15.5. The van der Waals surface area contributed by atoms with Crippen molar-refractivity contribution in [2.24, 2.45) is 5.10 Å². The number of nitrogens with zero attached hydrogens (tertiary/aromatic N) is 2. The number of benzene rings is 2. The first-order valence-corrected chi connectivity index (χ1v) is 9.91. The highest BCUT2D eigenvalue weighted by atomic mass is 35.5. The van der Waals surface area contributed by atoms with Gasteiger partial charge in [0.2, 0.25) is 0 Å². The van der Waals surface area contributed by atoms with Gasteiger partial charge in [-0.05, 0) is 48.0 Å². The number of hydrazone groups is 1. The molecule has 2 heterocycles. The number of carbonyl (C=O) groups is 2. The van der Waals surface area contributed by atoms with Crippen LogP contribution in [0.3, 0.4) is 0 Å². The fourth-order valence-corrected chi connectivity index (χ4v) is 3.47. The number of halogens is 1. The Balaban J connectivity index is 1.55. The van der Waals surface area contributed by atoms with Crippen molar-refractivity contribution >= 4 is 29.5 Å². The zero-order valence-electron chi connectivity index (χ0n) is 16.7. The Morgan fingerprint density at radius 1 is 1.23 bits per heavy atom. The van der Waals surface area contributed by atoms with Crippen molar-refractivity contribution in [1.29, 1.82) is 0 Å². The second-order valence-electron chi connectivity index (χ2n) is 6.84. The number of methoxy groups -OCH3 is 1. The molecule has 1 aliphatic heterocycles. The van der Waals surface area contributed by atoms with Gasteiger partial charge < -0.3 is 13.9 Å². The monoisotopic (exact) mass is 438 g/mol. The van der Waals surface area contributed by atoms with Crippen LogP contribution in [0, 0.1) is 0 Å². The summed E-state index contributed by atoms with van der Waals surface area (Å²) in [6.07, 6.45) is 2.77. The van der Waals surface area contributed by atoms with Crippen LogP contribution in [0.25, 0.3) is 0 Å². The average Bonchev–Trinajstić information content (AvgIpc) is 3.48. The van der Waals surface area contributed by atoms with Crippen molar-refractivity contribution < 1.29 is 23.5 Å². The first-order valence-electron chi connectivity index (χ1n) is 9.54. The number of aldehydes is 1. The van der Waals surface area contributed by atoms with Gasteiger partial charge in [-0.3, -0.25) is 9.59 Å². The number of rotatable bonds is 7. The maximum absolute atomic E-state index is 13.0. The molecule has 4 rings (SSSR count). The fourth-order valence-electron chi connectivity index (χ4n) is 3.34. The molecule has 0 saturated heterocycles. The number of furan rings is 1. The van der Waals surface area contributed by atoms with Gasteiger partial charge in [0.05, 0.1) is 19.1 Å². The molecule has 1 aromatic heterocycles. The van der Waals surface area contributed by atoms with E-state index in [9.17, 15) is 9.59 Å². The van der Waals surface area contributed by atoms with Gasteiger partial charge >= 0.3 is 0 Å². The summed E-state index contributed by atoms with van der Waals surface area (Å²) in [5.74, 6) is 1.02. The third-order valence-corrected chi connectivity index (χ3v) is 5.14. The molecule has 0 N–H and O–H groups in total. The molecular weight excluding hydrogens is 420 g/mol. The molecule has 8 heteroatoms. The molecule has 158 valence electrons. The molecule has 3 aromatic rings. The maximum Gasteiger partial charge on any atom is 0.281 e. The minimum atomic E-state index is -0.379. The summed E-state index contributed by atoms with van der Waals surface area (Å²) in [5, 5.41) is 6.56. The van der Waals surface area contributed by atoms with Crippen LogP contribution in [-0.2, 0) is 4.79 Å². The number of ether oxygens (including phenoxy) is 2. The van der Waals surface area contributed by atoms with E-state index in [1.807, 2.05) is 18.2 Å². The fraction of sp³-hybridized carbons (Fsp3) is 0.174. The molecule has 0 aliphatic carbocycles. The summed E-state index contributed by atoms with van der Waals surface area (Å²) in [6.45, 7) is -0.259. The standard InChI is InChI=1S/C23H19ClN2O5/c1-29-22-11-15(13-27)4-9-21(22)31-14-23(28)26-19(20-3-2-10-30-20)12-18(25-26)16-5-7-17(24)8-6-16/h2-11,13,19H,12,14H2,1H3/t19-/m1/s1. The number of amides is 1. The highest BCUT2D eigenvalue weighted by molar-refractivity contribution is 6.30. The molecule has 0 spiro atoms. The van der Waals surface area contributed by atoms with E-state index in [-0.39, 0.29) is 18.6 Å². The first kappa shape index (κ1) is 20.7. The van der Waals surface area contributed by atoms with Crippen LogP contribution in [0.1, 0.15) is 34.1 Å². The van der Waals surface area contributed by atoms with Gasteiger partial charge in [0, 0.05) is 17.0 Å². The van der Waals surface area contributed by atoms with Crippen LogP contribution in [0.2, 0.25) is 5.02 Å². The lowest BCUT2D eigenvalue weighted by Crippen LogP contribution is -2.31. The van der Waals surface area contributed by atoms with Crippen molar-refractivity contribution in [3.63, 3.8) is 0 Å². The Hall–Kier alpha value is -3.58. The maximum atomic E-state index is 13.0. The molecular formula is C23H19ClN2O5. The van der Waals surface area contributed by atoms with Gasteiger partial charge in [-0.15, -0.1) is 0 Å². The number of hydrogen-bond donors (Lipinski definition) is 0. The topological polar surface area (TPSA) is 81.3 Å². The molecule has 2 aromatic carbocycles. The molecule has 0 fully saturated rings. The summed E-state index contributed by atoms with van der Waals surface area (Å²) in [5.41, 5.74) is 2.08. The van der Waals surface area contributed by atoms with Crippen molar-refractivity contribution in [1.82, 2.24) is 5.01 Å². The molecule has 0 bridgehead atoms. The summed E-state index contributed by atoms with van der Waals surface area (Å²) >= 11 is 5.99. The van der Waals surface area contributed by atoms with Gasteiger partial charge in [0.25, 0.3) is 5.91 Å². The number of hydrogen-bond acceptors (Lipinski definition) is 6. The Morgan fingerprint density at radius 2 is 2.03 bits per heavy atom. The van der Waals surface area contributed by atoms with Crippen LogP contribution in [0.4, 0.5) is 0 Å². The minimum Gasteiger partial charge on any atom is -0.493 e. The third kappa shape index (κ3) is 4.46. The van der Waals surface area contributed by atoms with E-state index in [0.29, 0.717) is 40.6 Å². The van der Waals surface area contributed by atoms with Gasteiger partial charge in [0.1, 0.15) is 18.1 Å². The van der Waals surface area contributed by atoms with Crippen molar-refractivity contribution in [2.45, 2.75) is 12.5 Å². The molecule has 31 heavy (non-hydrogen) atoms. The van der Waals surface area contributed by atoms with E-state index in [4.69, 9.17) is 25.5 Å². The zero-order chi connectivity index (χ0) is 21.8. The van der Waals surface area contributed by atoms with Crippen LogP contribution >= 0.6 is 11.6 Å². The molecule has 0 unspecified atom stereocenters. The third-order valence-electron chi connectivity index (χ3n) is 4.89. The molecule has 0 saturated carbocycles. The Morgan fingerprint density at radius 3 is 2.71 bits per heavy atom. The smallest absolute Gasteiger partial charge is 0.281 e. The lowest BCUT2D eigenvalue weighted by Gasteiger charge is -2.20. The quantitative estimate of drug-likeness (QED) is 0.507. The Labute approximate surface area is 183 Å². The summed E-state index contributed by atoms with van der Waals surface area (Å²) < 4.78 is 16.5. The summed E-state index contributed by atoms with van der Waals surface area (Å²) in [7, 11) is 1.47. The second-order valence-corrected chi connectivity index (χ2v) is 7.28. The molecule has 1 aliphatic rings. The van der Waals surface area contributed by atoms with Gasteiger partial charge in [-0.25, -0.2) is 5.01 Å². The van der Waals surface area contributed by atoms with Crippen molar-refractivity contribution in [3.05, 3.63) is 82.8 Å². The predicted molar refractivity (Wildman–Crippen MR) is 115 cm³/mol. The first-order chi connectivity index (χ1) is 15.1. The SMILES string of the molecule is COc1cc(C=O)ccc1OCC(=O)N1N=C(c2ccc(Cl)cc2)C[C@@H]1c1ccco1. The van der Waals surface area contributed by atoms with Crippen LogP contribution in [0.15, 0.2) is 70.4 Å². The van der Waals surface area contributed by atoms with E-state index in [2.05, 4.69) is 5.10 Å². The van der Waals surface area contributed by atoms with E-state index < -0.39 is 0 Å². The molecule has 1 amide bonds. The van der Waals surface area contributed by atoms with Crippen LogP contribution < -0.4 is 9.47 Å². The summed E-state index contributed by atoms with van der Waals surface area (Å²) in [4.78, 5) is 24.0. The Bertz CT molecular complexity index is 1110. The van der Waals surface area contributed by atoms with Gasteiger partial charge in [-0.1, -0.05) is 23.7 Å². The lowest BCUT2D eigenvalue weighted by atomic mass is 10.0. The van der Waals surface area contributed by atoms with E-state index in [1.165, 1.54) is 12.1 Å². The van der Waals surface area contributed by atoms with Crippen molar-refractivity contribution in [2.75, 3.05) is 13.7 Å². The van der Waals surface area contributed by atoms with E-state index >= 15 is 0 Å². The molecule has 7 nitrogen and oxygen atoms in total. The van der Waals surface area contributed by atoms with Crippen LogP contribution in [-0.4, -0.2) is 36.6 Å². The van der Waals surface area contributed by atoms with E-state index in [1.54, 1.807) is 42.7 Å². The van der Waals surface area contributed by atoms with Crippen molar-refractivity contribution in [3.8, 4) is 11.5 Å². The van der Waals surface area contributed by atoms with E-state index in [0.717, 1.165) is 11.3 Å².